The van der Waals surface area contributed by atoms with Crippen molar-refractivity contribution in [1.29, 1.82) is 0 Å². The third-order valence-electron chi connectivity index (χ3n) is 4.10. The van der Waals surface area contributed by atoms with Crippen LogP contribution in [0.4, 0.5) is 0 Å². The molecule has 1 fully saturated rings. The van der Waals surface area contributed by atoms with Gasteiger partial charge in [0.05, 0.1) is 0 Å². The molecule has 0 aliphatic carbocycles. The zero-order valence-corrected chi connectivity index (χ0v) is 11.9. The maximum absolute atomic E-state index is 11.4. The third-order valence-corrected chi connectivity index (χ3v) is 4.10. The molecule has 1 aliphatic rings. The second kappa shape index (κ2) is 6.39. The first-order valence-corrected chi connectivity index (χ1v) is 7.04. The molecule has 1 saturated heterocycles. The highest BCUT2D eigenvalue weighted by Gasteiger charge is 2.43. The molecule has 0 amide bonds. The molecule has 1 heterocycles. The fourth-order valence-corrected chi connectivity index (χ4v) is 2.86. The molecule has 6 heteroatoms. The van der Waals surface area contributed by atoms with Gasteiger partial charge in [-0.2, -0.15) is 0 Å². The Bertz CT molecular complexity index is 455. The molecular weight excluding hydrogens is 255 g/mol. The summed E-state index contributed by atoms with van der Waals surface area (Å²) in [4.78, 5) is 13.2. The molecule has 0 unspecified atom stereocenters. The number of carboxylic acids is 1. The first-order valence-electron chi connectivity index (χ1n) is 7.04. The van der Waals surface area contributed by atoms with Crippen LogP contribution in [0.15, 0.2) is 30.3 Å². The van der Waals surface area contributed by atoms with Gasteiger partial charge < -0.3 is 20.3 Å². The van der Waals surface area contributed by atoms with Crippen LogP contribution >= 0.6 is 0 Å². The van der Waals surface area contributed by atoms with Gasteiger partial charge in [0, 0.05) is 18.7 Å². The zero-order chi connectivity index (χ0) is 14.7. The van der Waals surface area contributed by atoms with Crippen LogP contribution in [0.2, 0.25) is 6.82 Å². The molecule has 1 aliphatic heterocycles. The summed E-state index contributed by atoms with van der Waals surface area (Å²) >= 11 is 0. The van der Waals surface area contributed by atoms with Gasteiger partial charge in [-0.1, -0.05) is 30.3 Å². The van der Waals surface area contributed by atoms with E-state index in [9.17, 15) is 14.9 Å². The van der Waals surface area contributed by atoms with Crippen molar-refractivity contribution in [2.75, 3.05) is 13.1 Å². The van der Waals surface area contributed by atoms with Crippen LogP contribution < -0.4 is 5.32 Å². The molecule has 0 aromatic heterocycles. The van der Waals surface area contributed by atoms with Crippen LogP contribution in [0.1, 0.15) is 18.5 Å². The average Bonchev–Trinajstić information content (AvgIpc) is 2.84. The molecule has 20 heavy (non-hydrogen) atoms. The van der Waals surface area contributed by atoms with E-state index < -0.39 is 18.9 Å². The molecule has 2 rings (SSSR count). The molecule has 3 atom stereocenters. The van der Waals surface area contributed by atoms with Gasteiger partial charge >= 0.3 is 13.0 Å². The average molecular weight is 277 g/mol. The second-order valence-corrected chi connectivity index (χ2v) is 5.59. The van der Waals surface area contributed by atoms with Gasteiger partial charge in [-0.05, 0) is 13.7 Å². The number of hydrogen-bond donors (Lipinski definition) is 3. The summed E-state index contributed by atoms with van der Waals surface area (Å²) in [6.45, 7) is 4.78. The number of benzene rings is 1. The summed E-state index contributed by atoms with van der Waals surface area (Å²) in [5.74, 6) is -1.22. The van der Waals surface area contributed by atoms with E-state index >= 15 is 0 Å². The van der Waals surface area contributed by atoms with E-state index in [2.05, 4.69) is 24.4 Å². The van der Waals surface area contributed by atoms with Crippen LogP contribution in [-0.2, 0) is 4.79 Å². The Morgan fingerprint density at radius 1 is 1.40 bits per heavy atom. The maximum Gasteiger partial charge on any atom is 0.376 e. The summed E-state index contributed by atoms with van der Waals surface area (Å²) in [6.07, 6.45) is 0. The van der Waals surface area contributed by atoms with Crippen LogP contribution in [0.3, 0.4) is 0 Å². The minimum Gasteiger partial charge on any atom is -0.481 e. The standard InChI is InChI=1S/C14H21BN2O3/c1-10(11-6-4-3-5-7-11)16-13-9-17(15(2)20)8-12(13)14(18)19/h3-7,10,12-13,16,20H,8-9H2,1-2H3,(H,18,19)/p+1/t10-,12+,13+/m0/s1. The van der Waals surface area contributed by atoms with Gasteiger partial charge in [0.15, 0.2) is 0 Å². The fraction of sp³-hybridized carbons (Fsp3) is 0.500. The lowest BCUT2D eigenvalue weighted by Crippen LogP contribution is -2.92. The number of aliphatic carboxylic acids is 1. The summed E-state index contributed by atoms with van der Waals surface area (Å²) in [5.41, 5.74) is 1.19. The number of hydrogen-bond acceptors (Lipinski definition) is 3. The minimum atomic E-state index is -0.783. The van der Waals surface area contributed by atoms with Gasteiger partial charge in [0.2, 0.25) is 0 Å². The molecular formula is C14H22BN2O3+. The molecule has 0 radical (unpaired) electrons. The monoisotopic (exact) mass is 277 g/mol. The van der Waals surface area contributed by atoms with E-state index in [1.165, 1.54) is 5.56 Å². The summed E-state index contributed by atoms with van der Waals surface area (Å²) in [7, 11) is -0.595. The SMILES string of the molecule is CB(O)N1C[C@@H]([NH2+][C@@H](C)c2ccccc2)[C@H](C(=O)O)C1. The van der Waals surface area contributed by atoms with Crippen molar-refractivity contribution in [3.63, 3.8) is 0 Å². The Morgan fingerprint density at radius 2 is 2.05 bits per heavy atom. The smallest absolute Gasteiger partial charge is 0.376 e. The third kappa shape index (κ3) is 3.39. The lowest BCUT2D eigenvalue weighted by Gasteiger charge is -2.19. The second-order valence-electron chi connectivity index (χ2n) is 5.59. The highest BCUT2D eigenvalue weighted by Crippen LogP contribution is 2.17. The van der Waals surface area contributed by atoms with Crippen molar-refractivity contribution >= 4 is 13.0 Å². The van der Waals surface area contributed by atoms with E-state index in [1.807, 2.05) is 23.0 Å². The Balaban J connectivity index is 2.05. The molecule has 0 spiro atoms. The normalized spacial score (nSPS) is 24.6. The molecule has 4 N–H and O–H groups in total. The van der Waals surface area contributed by atoms with Crippen LogP contribution in [0.5, 0.6) is 0 Å². The van der Waals surface area contributed by atoms with Gasteiger partial charge in [-0.15, -0.1) is 0 Å². The fourth-order valence-electron chi connectivity index (χ4n) is 2.86. The zero-order valence-electron chi connectivity index (χ0n) is 11.9. The number of carboxylic acid groups (broad SMARTS) is 1. The van der Waals surface area contributed by atoms with Crippen LogP contribution in [0, 0.1) is 5.92 Å². The van der Waals surface area contributed by atoms with Gasteiger partial charge in [0.25, 0.3) is 0 Å². The Morgan fingerprint density at radius 3 is 2.60 bits per heavy atom. The number of nitrogens with two attached hydrogens (primary N) is 1. The molecule has 1 aromatic carbocycles. The quantitative estimate of drug-likeness (QED) is 0.652. The van der Waals surface area contributed by atoms with E-state index in [4.69, 9.17) is 0 Å². The number of quaternary nitrogens is 1. The van der Waals surface area contributed by atoms with Crippen molar-refractivity contribution in [3.8, 4) is 0 Å². The first kappa shape index (κ1) is 15.0. The largest absolute Gasteiger partial charge is 0.481 e. The van der Waals surface area contributed by atoms with E-state index in [1.54, 1.807) is 6.82 Å². The molecule has 0 saturated carbocycles. The van der Waals surface area contributed by atoms with E-state index in [-0.39, 0.29) is 12.1 Å². The number of rotatable bonds is 5. The van der Waals surface area contributed by atoms with Crippen LogP contribution in [0.25, 0.3) is 0 Å². The topological polar surface area (TPSA) is 77.4 Å². The van der Waals surface area contributed by atoms with E-state index in [0.717, 1.165) is 0 Å². The van der Waals surface area contributed by atoms with Gasteiger partial charge in [-0.3, -0.25) is 4.79 Å². The van der Waals surface area contributed by atoms with E-state index in [0.29, 0.717) is 13.1 Å². The Labute approximate surface area is 119 Å². The summed E-state index contributed by atoms with van der Waals surface area (Å²) in [6, 6.07) is 10.2. The van der Waals surface area contributed by atoms with Crippen molar-refractivity contribution in [3.05, 3.63) is 35.9 Å². The predicted molar refractivity (Wildman–Crippen MR) is 77.1 cm³/mol. The van der Waals surface area contributed by atoms with Crippen molar-refractivity contribution in [1.82, 2.24) is 4.81 Å². The molecule has 0 bridgehead atoms. The predicted octanol–water partition coefficient (Wildman–Crippen LogP) is -0.194. The maximum atomic E-state index is 11.4. The summed E-state index contributed by atoms with van der Waals surface area (Å²) < 4.78 is 0. The molecule has 5 nitrogen and oxygen atoms in total. The lowest BCUT2D eigenvalue weighted by molar-refractivity contribution is -0.725. The first-order chi connectivity index (χ1) is 9.49. The van der Waals surface area contributed by atoms with Gasteiger partial charge in [-0.25, -0.2) is 0 Å². The van der Waals surface area contributed by atoms with Crippen LogP contribution in [-0.4, -0.2) is 47.1 Å². The van der Waals surface area contributed by atoms with Crippen molar-refractivity contribution < 1.29 is 20.2 Å². The lowest BCUT2D eigenvalue weighted by atomic mass is 9.86. The number of nitrogens with zero attached hydrogens (tertiary/aromatic N) is 1. The van der Waals surface area contributed by atoms with Gasteiger partial charge in [0.1, 0.15) is 18.0 Å². The highest BCUT2D eigenvalue weighted by atomic mass is 16.4. The number of carbonyl (C=O) groups is 1. The molecule has 108 valence electrons. The Kier molecular flexibility index (Phi) is 4.80. The highest BCUT2D eigenvalue weighted by molar-refractivity contribution is 6.45. The minimum absolute atomic E-state index is 0.0303. The molecule has 1 aromatic rings. The Hall–Kier alpha value is -1.37. The van der Waals surface area contributed by atoms with Crippen molar-refractivity contribution in [2.24, 2.45) is 5.92 Å². The summed E-state index contributed by atoms with van der Waals surface area (Å²) in [5, 5.41) is 21.1. The van der Waals surface area contributed by atoms with Crippen molar-refractivity contribution in [2.45, 2.75) is 25.8 Å².